The second-order valence-electron chi connectivity index (χ2n) is 5.10. The highest BCUT2D eigenvalue weighted by atomic mass is 16.2. The van der Waals surface area contributed by atoms with Crippen LogP contribution in [-0.4, -0.2) is 24.3 Å². The van der Waals surface area contributed by atoms with Crippen LogP contribution >= 0.6 is 0 Å². The fourth-order valence-electron chi connectivity index (χ4n) is 1.85. The number of benzene rings is 1. The van der Waals surface area contributed by atoms with Gasteiger partial charge < -0.3 is 11.1 Å². The minimum absolute atomic E-state index is 0.308. The van der Waals surface area contributed by atoms with E-state index in [1.807, 2.05) is 50.5 Å². The highest BCUT2D eigenvalue weighted by molar-refractivity contribution is 5.84. The van der Waals surface area contributed by atoms with Crippen molar-refractivity contribution >= 4 is 12.2 Å². The van der Waals surface area contributed by atoms with Gasteiger partial charge in [-0.1, -0.05) is 44.2 Å². The molecule has 1 aromatic rings. The first-order valence-electron chi connectivity index (χ1n) is 6.50. The molecule has 0 aromatic heterocycles. The maximum absolute atomic E-state index is 11.9. The minimum Gasteiger partial charge on any atom is -0.344 e. The van der Waals surface area contributed by atoms with E-state index in [4.69, 9.17) is 5.73 Å². The lowest BCUT2D eigenvalue weighted by molar-refractivity contribution is -0.122. The normalized spacial score (nSPS) is 13.9. The van der Waals surface area contributed by atoms with Gasteiger partial charge in [-0.3, -0.25) is 9.59 Å². The van der Waals surface area contributed by atoms with Crippen molar-refractivity contribution in [2.45, 2.75) is 38.8 Å². The van der Waals surface area contributed by atoms with Crippen molar-refractivity contribution in [1.82, 2.24) is 5.32 Å². The third-order valence-electron chi connectivity index (χ3n) is 2.80. The zero-order valence-electron chi connectivity index (χ0n) is 11.4. The third kappa shape index (κ3) is 5.66. The molecule has 1 rings (SSSR count). The van der Waals surface area contributed by atoms with Gasteiger partial charge in [0.15, 0.2) is 0 Å². The maximum Gasteiger partial charge on any atom is 0.237 e. The number of nitrogens with two attached hydrogens (primary N) is 1. The van der Waals surface area contributed by atoms with Crippen molar-refractivity contribution in [2.24, 2.45) is 11.7 Å². The first-order chi connectivity index (χ1) is 9.02. The van der Waals surface area contributed by atoms with E-state index in [0.717, 1.165) is 5.56 Å². The van der Waals surface area contributed by atoms with Gasteiger partial charge in [0.25, 0.3) is 0 Å². The maximum atomic E-state index is 11.9. The molecule has 0 unspecified atom stereocenters. The number of carbonyl (C=O) groups excluding carboxylic acids is 2. The number of carbonyl (C=O) groups is 1. The molecule has 19 heavy (non-hydrogen) atoms. The van der Waals surface area contributed by atoms with Crippen LogP contribution in [0.5, 0.6) is 0 Å². The topological polar surface area (TPSA) is 72.2 Å². The summed E-state index contributed by atoms with van der Waals surface area (Å²) in [7, 11) is 0. The molecule has 103 valence electrons. The Morgan fingerprint density at radius 2 is 1.95 bits per heavy atom. The number of nitrogens with one attached hydrogen (secondary N) is 1. The van der Waals surface area contributed by atoms with Crippen LogP contribution in [0.3, 0.4) is 0 Å². The van der Waals surface area contributed by atoms with Gasteiger partial charge in [-0.25, -0.2) is 0 Å². The molecule has 4 nitrogen and oxygen atoms in total. The average molecular weight is 261 g/mol. The summed E-state index contributed by atoms with van der Waals surface area (Å²) >= 11 is 0. The number of rotatable bonds is 7. The lowest BCUT2D eigenvalue weighted by atomic mass is 10.0. The quantitative estimate of drug-likeness (QED) is 0.774. The molecule has 1 aromatic carbocycles. The molecule has 0 bridgehead atoms. The number of amides is 1. The van der Waals surface area contributed by atoms with Crippen LogP contribution in [0, 0.1) is 5.92 Å². The van der Waals surface area contributed by atoms with E-state index in [2.05, 4.69) is 5.32 Å². The van der Waals surface area contributed by atoms with Gasteiger partial charge in [0.05, 0.1) is 12.1 Å². The van der Waals surface area contributed by atoms with E-state index in [-0.39, 0.29) is 5.91 Å². The van der Waals surface area contributed by atoms with Crippen LogP contribution in [0.4, 0.5) is 0 Å². The fourth-order valence-corrected chi connectivity index (χ4v) is 1.85. The van der Waals surface area contributed by atoms with E-state index >= 15 is 0 Å². The zero-order valence-corrected chi connectivity index (χ0v) is 11.4. The van der Waals surface area contributed by atoms with Gasteiger partial charge in [0.2, 0.25) is 12.2 Å². The Balaban J connectivity index is 2.50. The van der Waals surface area contributed by atoms with Crippen LogP contribution in [0.2, 0.25) is 0 Å². The van der Waals surface area contributed by atoms with Gasteiger partial charge in [-0.15, -0.1) is 0 Å². The molecule has 0 aliphatic rings. The molecule has 0 heterocycles. The van der Waals surface area contributed by atoms with Crippen LogP contribution in [0.25, 0.3) is 0 Å². The Morgan fingerprint density at radius 3 is 2.47 bits per heavy atom. The van der Waals surface area contributed by atoms with Gasteiger partial charge in [0, 0.05) is 0 Å². The van der Waals surface area contributed by atoms with Crippen molar-refractivity contribution in [3.63, 3.8) is 0 Å². The van der Waals surface area contributed by atoms with Crippen molar-refractivity contribution in [2.75, 3.05) is 0 Å². The van der Waals surface area contributed by atoms with Crippen molar-refractivity contribution in [1.29, 1.82) is 0 Å². The van der Waals surface area contributed by atoms with Crippen LogP contribution in [0.1, 0.15) is 25.8 Å². The number of hydrogen-bond acceptors (Lipinski definition) is 3. The summed E-state index contributed by atoms with van der Waals surface area (Å²) in [5.74, 6) is 0.00921. The monoisotopic (exact) mass is 261 g/mol. The van der Waals surface area contributed by atoms with Crippen molar-refractivity contribution in [3.05, 3.63) is 35.9 Å². The lowest BCUT2D eigenvalue weighted by Crippen LogP contribution is -2.47. The number of hydrogen-bond donors (Lipinski definition) is 2. The first kappa shape index (κ1) is 15.4. The standard InChI is InChI=1S/C15H21N2O2/c1-11(2)8-13(10-18)17-15(19)14(16)9-12-6-4-3-5-7-12/h3-7,11,13-14H,8-9,16H2,1-2H3,(H,17,19)/t13-,14-/m0/s1. The molecule has 3 N–H and O–H groups in total. The third-order valence-corrected chi connectivity index (χ3v) is 2.80. The molecular formula is C15H21N2O2. The van der Waals surface area contributed by atoms with Crippen LogP contribution < -0.4 is 11.1 Å². The predicted molar refractivity (Wildman–Crippen MR) is 75.2 cm³/mol. The van der Waals surface area contributed by atoms with Gasteiger partial charge in [-0.05, 0) is 24.3 Å². The van der Waals surface area contributed by atoms with E-state index in [0.29, 0.717) is 18.8 Å². The Kier molecular flexibility index (Phi) is 6.22. The van der Waals surface area contributed by atoms with E-state index in [9.17, 15) is 9.59 Å². The summed E-state index contributed by atoms with van der Waals surface area (Å²) in [5.41, 5.74) is 6.84. The summed E-state index contributed by atoms with van der Waals surface area (Å²) in [6, 6.07) is 8.34. The Morgan fingerprint density at radius 1 is 1.32 bits per heavy atom. The molecule has 0 spiro atoms. The summed E-state index contributed by atoms with van der Waals surface area (Å²) in [4.78, 5) is 22.7. The fraction of sp³-hybridized carbons (Fsp3) is 0.467. The smallest absolute Gasteiger partial charge is 0.237 e. The first-order valence-corrected chi connectivity index (χ1v) is 6.50. The Labute approximate surface area is 114 Å². The van der Waals surface area contributed by atoms with E-state index < -0.39 is 12.1 Å². The summed E-state index contributed by atoms with van der Waals surface area (Å²) in [6.45, 7) is 3.97. The van der Waals surface area contributed by atoms with E-state index in [1.165, 1.54) is 0 Å². The van der Waals surface area contributed by atoms with Gasteiger partial charge >= 0.3 is 0 Å². The van der Waals surface area contributed by atoms with Gasteiger partial charge in [0.1, 0.15) is 0 Å². The minimum atomic E-state index is -0.648. The van der Waals surface area contributed by atoms with Crippen molar-refractivity contribution < 1.29 is 9.59 Å². The van der Waals surface area contributed by atoms with Crippen molar-refractivity contribution in [3.8, 4) is 0 Å². The van der Waals surface area contributed by atoms with Crippen LogP contribution in [-0.2, 0) is 16.0 Å². The molecule has 0 saturated heterocycles. The summed E-state index contributed by atoms with van der Waals surface area (Å²) in [5, 5.41) is 2.63. The molecule has 0 aliphatic heterocycles. The molecule has 4 heteroatoms. The largest absolute Gasteiger partial charge is 0.344 e. The predicted octanol–water partition coefficient (Wildman–Crippen LogP) is 1.20. The second kappa shape index (κ2) is 7.69. The molecule has 0 fully saturated rings. The summed E-state index contributed by atoms with van der Waals surface area (Å²) < 4.78 is 0. The van der Waals surface area contributed by atoms with Gasteiger partial charge in [-0.2, -0.15) is 0 Å². The zero-order chi connectivity index (χ0) is 14.3. The lowest BCUT2D eigenvalue weighted by Gasteiger charge is -2.17. The second-order valence-corrected chi connectivity index (χ2v) is 5.10. The van der Waals surface area contributed by atoms with E-state index in [1.54, 1.807) is 0 Å². The molecule has 0 saturated carbocycles. The highest BCUT2D eigenvalue weighted by Crippen LogP contribution is 2.05. The molecule has 1 radical (unpaired) electrons. The Hall–Kier alpha value is -1.68. The SMILES string of the molecule is CC(C)C[C@@H]([C]=O)NC(=O)[C@@H](N)Cc1ccccc1. The molecule has 2 atom stereocenters. The molecule has 0 aliphatic carbocycles. The molecular weight excluding hydrogens is 240 g/mol. The molecule has 1 amide bonds. The average Bonchev–Trinajstić information content (AvgIpc) is 2.38. The van der Waals surface area contributed by atoms with Crippen LogP contribution in [0.15, 0.2) is 30.3 Å². The Bertz CT molecular complexity index is 404. The highest BCUT2D eigenvalue weighted by Gasteiger charge is 2.19. The summed E-state index contributed by atoms with van der Waals surface area (Å²) in [6.07, 6.45) is 2.88.